The first-order valence-corrected chi connectivity index (χ1v) is 17.0. The van der Waals surface area contributed by atoms with E-state index in [4.69, 9.17) is 4.74 Å². The summed E-state index contributed by atoms with van der Waals surface area (Å²) >= 11 is 0. The van der Waals surface area contributed by atoms with Crippen LogP contribution in [-0.2, 0) is 20.7 Å². The van der Waals surface area contributed by atoms with Gasteiger partial charge >= 0.3 is 6.09 Å². The highest BCUT2D eigenvalue weighted by Gasteiger charge is 2.26. The molecule has 0 saturated carbocycles. The Morgan fingerprint density at radius 1 is 0.898 bits per heavy atom. The van der Waals surface area contributed by atoms with Crippen molar-refractivity contribution in [3.63, 3.8) is 0 Å². The van der Waals surface area contributed by atoms with Crippen LogP contribution < -0.4 is 16.2 Å². The molecule has 2 aliphatic rings. The van der Waals surface area contributed by atoms with E-state index in [1.54, 1.807) is 29.2 Å². The third kappa shape index (κ3) is 9.97. The molecule has 1 aliphatic carbocycles. The molecule has 49 heavy (non-hydrogen) atoms. The van der Waals surface area contributed by atoms with Gasteiger partial charge in [-0.1, -0.05) is 36.4 Å². The number of amides is 4. The summed E-state index contributed by atoms with van der Waals surface area (Å²) in [5, 5.41) is 13.3. The zero-order valence-electron chi connectivity index (χ0n) is 27.5. The van der Waals surface area contributed by atoms with Gasteiger partial charge in [-0.3, -0.25) is 19.2 Å². The Labute approximate surface area is 284 Å². The predicted molar refractivity (Wildman–Crippen MR) is 181 cm³/mol. The maximum Gasteiger partial charge on any atom is 0.407 e. The first-order valence-electron chi connectivity index (χ1n) is 17.0. The fourth-order valence-electron chi connectivity index (χ4n) is 6.12. The Kier molecular flexibility index (Phi) is 12.5. The van der Waals surface area contributed by atoms with Crippen molar-refractivity contribution >= 4 is 34.6 Å². The highest BCUT2D eigenvalue weighted by atomic mass is 19.1. The number of carbonyl (C=O) groups is 4. The second kappa shape index (κ2) is 17.4. The van der Waals surface area contributed by atoms with Crippen molar-refractivity contribution in [3.8, 4) is 0 Å². The number of rotatable bonds is 11. The summed E-state index contributed by atoms with van der Waals surface area (Å²) in [6.07, 6.45) is 9.23. The van der Waals surface area contributed by atoms with E-state index in [2.05, 4.69) is 33.0 Å². The van der Waals surface area contributed by atoms with E-state index < -0.39 is 17.8 Å². The highest BCUT2D eigenvalue weighted by Crippen LogP contribution is 2.20. The van der Waals surface area contributed by atoms with E-state index in [-0.39, 0.29) is 68.1 Å². The molecule has 1 aliphatic heterocycles. The summed E-state index contributed by atoms with van der Waals surface area (Å²) in [7, 11) is 0. The van der Waals surface area contributed by atoms with E-state index in [0.717, 1.165) is 32.1 Å². The molecule has 1 aromatic heterocycles. The monoisotopic (exact) mass is 674 g/mol. The Morgan fingerprint density at radius 3 is 2.45 bits per heavy atom. The number of ether oxygens (including phenoxy) is 1. The maximum absolute atomic E-state index is 14.8. The molecule has 0 spiro atoms. The van der Waals surface area contributed by atoms with Crippen molar-refractivity contribution in [2.24, 2.45) is 0 Å². The van der Waals surface area contributed by atoms with Gasteiger partial charge in [-0.25, -0.2) is 14.3 Å². The number of carbonyl (C=O) groups excluding carboxylic acids is 4. The molecular weight excluding hydrogens is 631 g/mol. The van der Waals surface area contributed by atoms with Crippen LogP contribution >= 0.6 is 0 Å². The second-order valence-corrected chi connectivity index (χ2v) is 12.3. The summed E-state index contributed by atoms with van der Waals surface area (Å²) in [5.74, 6) is -1.41. The topological polar surface area (TPSA) is 154 Å². The lowest BCUT2D eigenvalue weighted by atomic mass is 10.0. The van der Waals surface area contributed by atoms with Crippen molar-refractivity contribution in [2.45, 2.75) is 63.9 Å². The molecule has 4 amide bonds. The smallest absolute Gasteiger partial charge is 0.407 e. The van der Waals surface area contributed by atoms with Gasteiger partial charge in [0.05, 0.1) is 16.6 Å². The molecule has 2 heterocycles. The van der Waals surface area contributed by atoms with Gasteiger partial charge in [0.2, 0.25) is 11.8 Å². The predicted octanol–water partition coefficient (Wildman–Crippen LogP) is 3.84. The number of hydrogen-bond acceptors (Lipinski definition) is 7. The quantitative estimate of drug-likeness (QED) is 0.206. The number of nitrogens with zero attached hydrogens (tertiary/aromatic N) is 3. The van der Waals surface area contributed by atoms with Crippen LogP contribution in [0.15, 0.2) is 59.4 Å². The number of fused-ring (bicyclic) bond motifs is 1. The van der Waals surface area contributed by atoms with E-state index in [0.29, 0.717) is 48.0 Å². The largest absolute Gasteiger partial charge is 0.446 e. The van der Waals surface area contributed by atoms with Gasteiger partial charge in [-0.2, -0.15) is 5.10 Å². The summed E-state index contributed by atoms with van der Waals surface area (Å²) in [5.41, 5.74) is 0.925. The summed E-state index contributed by atoms with van der Waals surface area (Å²) < 4.78 is 20.3. The fraction of sp³-hybridized carbons (Fsp3) is 0.444. The van der Waals surface area contributed by atoms with E-state index >= 15 is 0 Å². The number of aromatic nitrogens is 2. The van der Waals surface area contributed by atoms with Gasteiger partial charge < -0.3 is 25.2 Å². The zero-order chi connectivity index (χ0) is 34.6. The Bertz CT molecular complexity index is 1730. The van der Waals surface area contributed by atoms with Gasteiger partial charge in [-0.05, 0) is 62.3 Å². The van der Waals surface area contributed by atoms with E-state index in [1.165, 1.54) is 17.0 Å². The summed E-state index contributed by atoms with van der Waals surface area (Å²) in [6, 6.07) is 11.5. The highest BCUT2D eigenvalue weighted by molar-refractivity contribution is 5.95. The van der Waals surface area contributed by atoms with Crippen LogP contribution in [0.3, 0.4) is 0 Å². The molecule has 1 fully saturated rings. The number of alkyl carbamates (subject to hydrolysis) is 1. The molecule has 1 unspecified atom stereocenters. The molecule has 260 valence electrons. The number of aromatic amines is 1. The minimum atomic E-state index is -0.636. The van der Waals surface area contributed by atoms with Crippen molar-refractivity contribution in [2.75, 3.05) is 39.3 Å². The molecular formula is C36H43FN6O6. The average molecular weight is 675 g/mol. The van der Waals surface area contributed by atoms with Crippen molar-refractivity contribution in [1.82, 2.24) is 30.6 Å². The third-order valence-corrected chi connectivity index (χ3v) is 8.83. The van der Waals surface area contributed by atoms with Gasteiger partial charge in [0.25, 0.3) is 11.5 Å². The standard InChI is InChI=1S/C36H43FN6O6/c37-30-16-15-25(24-31-27-11-6-7-12-28(27)34(46)41-40-31)23-29(30)35(47)43-21-19-42(20-22-43)33(45)14-8-13-32(44)38-17-18-39-36(48)49-26-9-4-2-1-3-5-10-26/h1-2,6-7,11-12,15-16,23,26H,3-5,8-10,13-14,17-22,24H2,(H,38,44)(H,39,48)(H,41,46)/b2-1+. The first kappa shape index (κ1) is 35.2. The zero-order valence-corrected chi connectivity index (χ0v) is 27.5. The number of benzene rings is 2. The van der Waals surface area contributed by atoms with Gasteiger partial charge in [0.15, 0.2) is 0 Å². The number of halogens is 1. The van der Waals surface area contributed by atoms with Gasteiger partial charge in [-0.15, -0.1) is 0 Å². The summed E-state index contributed by atoms with van der Waals surface area (Å²) in [4.78, 5) is 65.7. The average Bonchev–Trinajstić information content (AvgIpc) is 3.09. The molecule has 13 heteroatoms. The van der Waals surface area contributed by atoms with Crippen LogP contribution in [-0.4, -0.2) is 89.2 Å². The fourth-order valence-corrected chi connectivity index (χ4v) is 6.12. The van der Waals surface area contributed by atoms with Gasteiger partial charge in [0.1, 0.15) is 11.9 Å². The Morgan fingerprint density at radius 2 is 1.63 bits per heavy atom. The Balaban J connectivity index is 1.00. The van der Waals surface area contributed by atoms with Crippen LogP contribution in [0.4, 0.5) is 9.18 Å². The van der Waals surface area contributed by atoms with Crippen molar-refractivity contribution in [3.05, 3.63) is 87.6 Å². The minimum absolute atomic E-state index is 0.0585. The molecule has 0 radical (unpaired) electrons. The van der Waals surface area contributed by atoms with Crippen LogP contribution in [0.5, 0.6) is 0 Å². The molecule has 1 saturated heterocycles. The third-order valence-electron chi connectivity index (χ3n) is 8.83. The van der Waals surface area contributed by atoms with Crippen LogP contribution in [0.1, 0.15) is 73.0 Å². The Hall–Kier alpha value is -5.07. The maximum atomic E-state index is 14.8. The molecule has 0 bridgehead atoms. The SMILES string of the molecule is O=C(CCCC(=O)N1CCN(C(=O)c2cc(Cc3n[nH]c(=O)c4ccccc34)ccc2F)CC1)NCCNC(=O)OC1CC/C=C/CCC1. The molecule has 1 atom stereocenters. The van der Waals surface area contributed by atoms with Crippen LogP contribution in [0.2, 0.25) is 0 Å². The molecule has 3 N–H and O–H groups in total. The number of hydrogen-bond donors (Lipinski definition) is 3. The number of nitrogens with one attached hydrogen (secondary N) is 3. The number of piperazine rings is 1. The minimum Gasteiger partial charge on any atom is -0.446 e. The number of H-pyrrole nitrogens is 1. The van der Waals surface area contributed by atoms with Crippen LogP contribution in [0, 0.1) is 5.82 Å². The lowest BCUT2D eigenvalue weighted by Gasteiger charge is -2.35. The first-order chi connectivity index (χ1) is 23.8. The normalized spacial score (nSPS) is 17.1. The number of allylic oxidation sites excluding steroid dienone is 2. The molecule has 3 aromatic rings. The second-order valence-electron chi connectivity index (χ2n) is 12.3. The van der Waals surface area contributed by atoms with Crippen LogP contribution in [0.25, 0.3) is 10.8 Å². The molecule has 5 rings (SSSR count). The van der Waals surface area contributed by atoms with E-state index in [9.17, 15) is 28.4 Å². The van der Waals surface area contributed by atoms with E-state index in [1.807, 2.05) is 6.07 Å². The molecule has 2 aromatic carbocycles. The molecule has 12 nitrogen and oxygen atoms in total. The lowest BCUT2D eigenvalue weighted by molar-refractivity contribution is -0.132. The van der Waals surface area contributed by atoms with Crippen molar-refractivity contribution < 1.29 is 28.3 Å². The lowest BCUT2D eigenvalue weighted by Crippen LogP contribution is -2.50. The van der Waals surface area contributed by atoms with Gasteiger partial charge in [0, 0.05) is 63.9 Å². The summed E-state index contributed by atoms with van der Waals surface area (Å²) in [6.45, 7) is 1.64. The van der Waals surface area contributed by atoms with Crippen molar-refractivity contribution in [1.29, 1.82) is 0 Å².